The highest BCUT2D eigenvalue weighted by Crippen LogP contribution is 2.29. The highest BCUT2D eigenvalue weighted by molar-refractivity contribution is 5.93. The Morgan fingerprint density at radius 2 is 1.90 bits per heavy atom. The largest absolute Gasteiger partial charge is 0.468 e. The van der Waals surface area contributed by atoms with E-state index < -0.39 is 24.4 Å². The second-order valence-corrected chi connectivity index (χ2v) is 9.08. The first-order valence-electron chi connectivity index (χ1n) is 12.7. The maximum absolute atomic E-state index is 15.0. The molecule has 3 N–H and O–H groups in total. The summed E-state index contributed by atoms with van der Waals surface area (Å²) < 4.78 is 73.5. The van der Waals surface area contributed by atoms with Crippen molar-refractivity contribution in [3.05, 3.63) is 65.3 Å². The molecule has 9 nitrogen and oxygen atoms in total. The van der Waals surface area contributed by atoms with Crippen molar-refractivity contribution in [1.29, 1.82) is 0 Å². The van der Waals surface area contributed by atoms with E-state index in [4.69, 9.17) is 4.74 Å². The van der Waals surface area contributed by atoms with Gasteiger partial charge in [-0.25, -0.2) is 18.8 Å². The van der Waals surface area contributed by atoms with E-state index in [1.807, 2.05) is 13.0 Å². The number of aryl methyl sites for hydroxylation is 1. The summed E-state index contributed by atoms with van der Waals surface area (Å²) >= 11 is 0. The van der Waals surface area contributed by atoms with Crippen LogP contribution in [0.4, 0.5) is 22.0 Å². The standard InChI is InChI=1S/C27H33F5N8O/c1-5-6-19(38-34-4)7-8-35-23(33-3)15-24(40-11-9-39(10-12-40)16-27(30,31)32)36-17-41-22-14-21(28)26-20(25(22)29)13-18(2)37-26/h5-7,13-15,35,37-38H,3-4,8-12,16-17H2,1-2H3/b6-5+,19-7-,23-15+,36-24+. The van der Waals surface area contributed by atoms with Gasteiger partial charge in [-0.15, -0.1) is 0 Å². The number of rotatable bonds is 12. The molecule has 2 heterocycles. The molecule has 1 aliphatic heterocycles. The number of halogens is 5. The van der Waals surface area contributed by atoms with Gasteiger partial charge >= 0.3 is 6.18 Å². The quantitative estimate of drug-likeness (QED) is 0.113. The summed E-state index contributed by atoms with van der Waals surface area (Å²) in [5.41, 5.74) is 4.05. The lowest BCUT2D eigenvalue weighted by atomic mass is 10.2. The first-order chi connectivity index (χ1) is 19.5. The van der Waals surface area contributed by atoms with Gasteiger partial charge in [0.2, 0.25) is 0 Å². The fourth-order valence-electron chi connectivity index (χ4n) is 4.19. The number of hydrogen-bond acceptors (Lipinski definition) is 7. The van der Waals surface area contributed by atoms with Crippen LogP contribution in [0.25, 0.3) is 10.9 Å². The SMILES string of the molecule is C=NNC(=C\CN/C(=C/C(=N\COc1cc(F)c2[nH]c(C)cc2c1F)N1CCN(CC(F)(F)F)CC1)N=C)/C=C/C. The van der Waals surface area contributed by atoms with Gasteiger partial charge in [-0.1, -0.05) is 6.08 Å². The second kappa shape index (κ2) is 14.4. The number of piperazine rings is 1. The molecule has 3 rings (SSSR count). The van der Waals surface area contributed by atoms with E-state index in [0.29, 0.717) is 29.6 Å². The van der Waals surface area contributed by atoms with Gasteiger partial charge in [0.05, 0.1) is 17.8 Å². The number of nitrogens with zero attached hydrogens (tertiary/aromatic N) is 5. The Kier molecular flexibility index (Phi) is 11.0. The molecule has 222 valence electrons. The molecule has 1 aromatic heterocycles. The predicted octanol–water partition coefficient (Wildman–Crippen LogP) is 4.47. The number of benzene rings is 1. The number of nitrogens with one attached hydrogen (secondary N) is 3. The third-order valence-corrected chi connectivity index (χ3v) is 6.04. The second-order valence-electron chi connectivity index (χ2n) is 9.08. The van der Waals surface area contributed by atoms with Gasteiger partial charge in [-0.3, -0.25) is 10.3 Å². The molecule has 1 fully saturated rings. The molecular weight excluding hydrogens is 547 g/mol. The van der Waals surface area contributed by atoms with E-state index in [0.717, 1.165) is 6.07 Å². The van der Waals surface area contributed by atoms with Crippen molar-refractivity contribution in [2.75, 3.05) is 46.0 Å². The summed E-state index contributed by atoms with van der Waals surface area (Å²) in [7, 11) is 0. The first-order valence-corrected chi connectivity index (χ1v) is 12.7. The van der Waals surface area contributed by atoms with Crippen LogP contribution in [0, 0.1) is 18.6 Å². The molecule has 1 aliphatic rings. The fourth-order valence-corrected chi connectivity index (χ4v) is 4.19. The Bertz CT molecular complexity index is 1340. The summed E-state index contributed by atoms with van der Waals surface area (Å²) in [6, 6.07) is 2.41. The zero-order valence-electron chi connectivity index (χ0n) is 22.9. The number of alkyl halides is 3. The molecule has 0 saturated carbocycles. The molecule has 41 heavy (non-hydrogen) atoms. The van der Waals surface area contributed by atoms with E-state index in [1.54, 1.807) is 30.1 Å². The Labute approximate surface area is 234 Å². The number of aromatic amines is 1. The van der Waals surface area contributed by atoms with Crippen LogP contribution in [0.5, 0.6) is 5.75 Å². The third kappa shape index (κ3) is 9.17. The minimum Gasteiger partial charge on any atom is -0.468 e. The summed E-state index contributed by atoms with van der Waals surface area (Å²) in [4.78, 5) is 14.2. The van der Waals surface area contributed by atoms with Crippen LogP contribution in [-0.2, 0) is 0 Å². The number of ether oxygens (including phenoxy) is 1. The lowest BCUT2D eigenvalue weighted by Crippen LogP contribution is -2.50. The van der Waals surface area contributed by atoms with E-state index >= 15 is 0 Å². The number of aliphatic imine (C=N–C) groups is 2. The summed E-state index contributed by atoms with van der Waals surface area (Å²) in [5.74, 6) is -1.08. The smallest absolute Gasteiger partial charge is 0.401 e. The van der Waals surface area contributed by atoms with Gasteiger partial charge < -0.3 is 19.9 Å². The lowest BCUT2D eigenvalue weighted by Gasteiger charge is -2.36. The van der Waals surface area contributed by atoms with Crippen LogP contribution in [0.15, 0.2) is 63.0 Å². The number of amidine groups is 1. The average molecular weight is 581 g/mol. The van der Waals surface area contributed by atoms with Crippen LogP contribution in [-0.4, -0.2) is 86.2 Å². The fraction of sp³-hybridized carbons (Fsp3) is 0.370. The molecule has 0 radical (unpaired) electrons. The minimum atomic E-state index is -4.30. The number of hydrogen-bond donors (Lipinski definition) is 3. The van der Waals surface area contributed by atoms with Crippen molar-refractivity contribution in [1.82, 2.24) is 25.5 Å². The first kappa shape index (κ1) is 31.3. The van der Waals surface area contributed by atoms with Gasteiger partial charge in [0.1, 0.15) is 11.7 Å². The van der Waals surface area contributed by atoms with Gasteiger partial charge in [0, 0.05) is 62.7 Å². The van der Waals surface area contributed by atoms with Crippen molar-refractivity contribution in [3.8, 4) is 5.75 Å². The number of allylic oxidation sites excluding steroid dienone is 2. The van der Waals surface area contributed by atoms with Crippen LogP contribution in [0.1, 0.15) is 12.6 Å². The van der Waals surface area contributed by atoms with E-state index in [2.05, 4.69) is 44.2 Å². The van der Waals surface area contributed by atoms with Crippen molar-refractivity contribution < 1.29 is 26.7 Å². The molecule has 0 aliphatic carbocycles. The van der Waals surface area contributed by atoms with E-state index in [-0.39, 0.29) is 49.6 Å². The summed E-state index contributed by atoms with van der Waals surface area (Å²) in [6.07, 6.45) is 2.66. The molecule has 0 amide bonds. The molecule has 0 spiro atoms. The van der Waals surface area contributed by atoms with Crippen molar-refractivity contribution >= 4 is 30.2 Å². The highest BCUT2D eigenvalue weighted by atomic mass is 19.4. The zero-order chi connectivity index (χ0) is 30.0. The van der Waals surface area contributed by atoms with Gasteiger partial charge in [-0.05, 0) is 38.8 Å². The Morgan fingerprint density at radius 3 is 2.54 bits per heavy atom. The number of fused-ring (bicyclic) bond motifs is 1. The molecule has 0 unspecified atom stereocenters. The van der Waals surface area contributed by atoms with Crippen molar-refractivity contribution in [3.63, 3.8) is 0 Å². The molecular formula is C27H33F5N8O. The highest BCUT2D eigenvalue weighted by Gasteiger charge is 2.32. The molecule has 1 saturated heterocycles. The third-order valence-electron chi connectivity index (χ3n) is 6.04. The van der Waals surface area contributed by atoms with E-state index in [1.165, 1.54) is 11.0 Å². The summed E-state index contributed by atoms with van der Waals surface area (Å²) in [5, 5.41) is 6.76. The molecule has 0 bridgehead atoms. The van der Waals surface area contributed by atoms with Gasteiger partial charge in [0.15, 0.2) is 24.1 Å². The zero-order valence-corrected chi connectivity index (χ0v) is 22.9. The topological polar surface area (TPSA) is 92.6 Å². The predicted molar refractivity (Wildman–Crippen MR) is 151 cm³/mol. The Hall–Kier alpha value is -4.20. The Morgan fingerprint density at radius 1 is 1.17 bits per heavy atom. The normalized spacial score (nSPS) is 16.0. The maximum atomic E-state index is 15.0. The van der Waals surface area contributed by atoms with E-state index in [9.17, 15) is 22.0 Å². The van der Waals surface area contributed by atoms with Gasteiger partial charge in [0.25, 0.3) is 0 Å². The molecule has 0 atom stereocenters. The summed E-state index contributed by atoms with van der Waals surface area (Å²) in [6.45, 7) is 10.2. The Balaban J connectivity index is 1.81. The molecule has 2 aromatic rings. The number of H-pyrrole nitrogens is 1. The monoisotopic (exact) mass is 580 g/mol. The lowest BCUT2D eigenvalue weighted by molar-refractivity contribution is -0.148. The molecule has 14 heteroatoms. The number of aromatic nitrogens is 1. The average Bonchev–Trinajstić information content (AvgIpc) is 3.32. The van der Waals surface area contributed by atoms with Crippen LogP contribution in [0.2, 0.25) is 0 Å². The number of hydrazone groups is 1. The van der Waals surface area contributed by atoms with Crippen LogP contribution in [0.3, 0.4) is 0 Å². The van der Waals surface area contributed by atoms with Gasteiger partial charge in [-0.2, -0.15) is 18.3 Å². The van der Waals surface area contributed by atoms with Crippen LogP contribution < -0.4 is 15.5 Å². The van der Waals surface area contributed by atoms with Crippen LogP contribution >= 0.6 is 0 Å². The molecule has 1 aromatic carbocycles. The minimum absolute atomic E-state index is 0.0367. The van der Waals surface area contributed by atoms with Crippen molar-refractivity contribution in [2.45, 2.75) is 20.0 Å². The maximum Gasteiger partial charge on any atom is 0.401 e. The van der Waals surface area contributed by atoms with Crippen molar-refractivity contribution in [2.24, 2.45) is 15.1 Å².